The highest BCUT2D eigenvalue weighted by Gasteiger charge is 2.41. The quantitative estimate of drug-likeness (QED) is 0.793. The second-order valence-electron chi connectivity index (χ2n) is 6.32. The molecule has 0 amide bonds. The minimum Gasteiger partial charge on any atom is -0.459 e. The van der Waals surface area contributed by atoms with Gasteiger partial charge < -0.3 is 9.30 Å². The van der Waals surface area contributed by atoms with Crippen LogP contribution in [0.5, 0.6) is 0 Å². The average Bonchev–Trinajstić information content (AvgIpc) is 2.94. The van der Waals surface area contributed by atoms with E-state index in [9.17, 15) is 13.2 Å². The van der Waals surface area contributed by atoms with Crippen molar-refractivity contribution in [2.45, 2.75) is 50.2 Å². The van der Waals surface area contributed by atoms with Crippen LogP contribution in [0.1, 0.15) is 33.6 Å². The predicted octanol–water partition coefficient (Wildman–Crippen LogP) is 1.52. The summed E-state index contributed by atoms with van der Waals surface area (Å²) in [6.45, 7) is 5.67. The molecular formula is C14H22N2O4S. The summed E-state index contributed by atoms with van der Waals surface area (Å²) in [5.74, 6) is -0.473. The molecule has 1 aromatic rings. The number of ether oxygens (including phenoxy) is 1. The molecule has 0 saturated carbocycles. The summed E-state index contributed by atoms with van der Waals surface area (Å²) < 4.78 is 33.5. The Hall–Kier alpha value is -1.34. The maximum absolute atomic E-state index is 12.6. The Morgan fingerprint density at radius 3 is 2.57 bits per heavy atom. The van der Waals surface area contributed by atoms with Gasteiger partial charge in [0.25, 0.3) is 0 Å². The molecule has 1 fully saturated rings. The third-order valence-electron chi connectivity index (χ3n) is 3.29. The highest BCUT2D eigenvalue weighted by atomic mass is 32.2. The van der Waals surface area contributed by atoms with Crippen molar-refractivity contribution in [1.29, 1.82) is 0 Å². The van der Waals surface area contributed by atoms with E-state index >= 15 is 0 Å². The van der Waals surface area contributed by atoms with Crippen molar-refractivity contribution in [1.82, 2.24) is 8.87 Å². The Labute approximate surface area is 125 Å². The van der Waals surface area contributed by atoms with Crippen molar-refractivity contribution < 1.29 is 17.9 Å². The number of hydrogen-bond donors (Lipinski definition) is 0. The van der Waals surface area contributed by atoms with E-state index in [1.807, 2.05) is 0 Å². The molecule has 0 aromatic carbocycles. The van der Waals surface area contributed by atoms with Gasteiger partial charge in [-0.2, -0.15) is 4.31 Å². The molecule has 1 saturated heterocycles. The molecule has 21 heavy (non-hydrogen) atoms. The van der Waals surface area contributed by atoms with Crippen LogP contribution in [0, 0.1) is 0 Å². The normalized spacial score (nSPS) is 20.7. The summed E-state index contributed by atoms with van der Waals surface area (Å²) in [4.78, 5) is 12.4. The lowest BCUT2D eigenvalue weighted by Gasteiger charge is -2.26. The number of aromatic nitrogens is 1. The molecule has 118 valence electrons. The van der Waals surface area contributed by atoms with Crippen LogP contribution in [0.3, 0.4) is 0 Å². The Balaban J connectivity index is 2.24. The fourth-order valence-corrected chi connectivity index (χ4v) is 4.10. The van der Waals surface area contributed by atoms with Crippen LogP contribution in [-0.4, -0.2) is 41.4 Å². The number of carbonyl (C=O) groups is 1. The highest BCUT2D eigenvalue weighted by molar-refractivity contribution is 7.89. The second-order valence-corrected chi connectivity index (χ2v) is 8.21. The first-order valence-corrected chi connectivity index (χ1v) is 8.42. The van der Waals surface area contributed by atoms with Gasteiger partial charge in [0.1, 0.15) is 11.6 Å². The minimum atomic E-state index is -3.66. The highest BCUT2D eigenvalue weighted by Crippen LogP contribution is 2.28. The molecule has 0 spiro atoms. The van der Waals surface area contributed by atoms with Crippen LogP contribution in [0.15, 0.2) is 23.4 Å². The SMILES string of the molecule is Cn1ccc(S(=O)(=O)N2CCC[C@@H]2C(=O)OC(C)(C)C)c1. The molecule has 0 unspecified atom stereocenters. The van der Waals surface area contributed by atoms with Crippen molar-refractivity contribution in [2.24, 2.45) is 7.05 Å². The monoisotopic (exact) mass is 314 g/mol. The molecule has 1 aliphatic rings. The molecule has 2 heterocycles. The fourth-order valence-electron chi connectivity index (χ4n) is 2.40. The van der Waals surface area contributed by atoms with E-state index < -0.39 is 27.6 Å². The van der Waals surface area contributed by atoms with E-state index in [-0.39, 0.29) is 4.90 Å². The van der Waals surface area contributed by atoms with E-state index in [1.54, 1.807) is 50.8 Å². The zero-order chi connectivity index (χ0) is 15.8. The molecule has 7 heteroatoms. The van der Waals surface area contributed by atoms with E-state index in [2.05, 4.69) is 0 Å². The Morgan fingerprint density at radius 2 is 2.05 bits per heavy atom. The molecule has 1 aromatic heterocycles. The van der Waals surface area contributed by atoms with E-state index in [1.165, 1.54) is 4.31 Å². The third-order valence-corrected chi connectivity index (χ3v) is 5.19. The van der Waals surface area contributed by atoms with Crippen LogP contribution in [0.4, 0.5) is 0 Å². The molecule has 6 nitrogen and oxygen atoms in total. The number of esters is 1. The summed E-state index contributed by atoms with van der Waals surface area (Å²) in [5, 5.41) is 0. The molecule has 0 bridgehead atoms. The van der Waals surface area contributed by atoms with Gasteiger partial charge in [-0.1, -0.05) is 0 Å². The summed E-state index contributed by atoms with van der Waals surface area (Å²) in [6, 6.07) is 0.814. The van der Waals surface area contributed by atoms with Crippen LogP contribution in [0.25, 0.3) is 0 Å². The Morgan fingerprint density at radius 1 is 1.38 bits per heavy atom. The van der Waals surface area contributed by atoms with Gasteiger partial charge in [-0.15, -0.1) is 0 Å². The summed E-state index contributed by atoms with van der Waals surface area (Å²) in [7, 11) is -1.90. The summed E-state index contributed by atoms with van der Waals surface area (Å²) in [5.41, 5.74) is -0.623. The Kier molecular flexibility index (Phi) is 4.17. The first-order valence-electron chi connectivity index (χ1n) is 6.98. The number of aryl methyl sites for hydroxylation is 1. The van der Waals surface area contributed by atoms with E-state index in [0.717, 1.165) is 0 Å². The molecule has 0 radical (unpaired) electrons. The smallest absolute Gasteiger partial charge is 0.324 e. The van der Waals surface area contributed by atoms with Gasteiger partial charge in [0.05, 0.1) is 4.90 Å². The maximum Gasteiger partial charge on any atom is 0.324 e. The van der Waals surface area contributed by atoms with Gasteiger partial charge >= 0.3 is 5.97 Å². The van der Waals surface area contributed by atoms with Crippen molar-refractivity contribution in [3.63, 3.8) is 0 Å². The van der Waals surface area contributed by atoms with Crippen LogP contribution >= 0.6 is 0 Å². The predicted molar refractivity (Wildman–Crippen MR) is 78.2 cm³/mol. The number of rotatable bonds is 3. The fraction of sp³-hybridized carbons (Fsp3) is 0.643. The van der Waals surface area contributed by atoms with Crippen molar-refractivity contribution in [3.8, 4) is 0 Å². The topological polar surface area (TPSA) is 68.6 Å². The van der Waals surface area contributed by atoms with E-state index in [0.29, 0.717) is 19.4 Å². The third kappa shape index (κ3) is 3.47. The van der Waals surface area contributed by atoms with Gasteiger partial charge in [-0.3, -0.25) is 4.79 Å². The number of carbonyl (C=O) groups excluding carboxylic acids is 1. The first kappa shape index (κ1) is 16.0. The average molecular weight is 314 g/mol. The molecule has 1 atom stereocenters. The van der Waals surface area contributed by atoms with Crippen LogP contribution in [-0.2, 0) is 26.6 Å². The number of sulfonamides is 1. The van der Waals surface area contributed by atoms with Gasteiger partial charge in [-0.25, -0.2) is 8.42 Å². The lowest BCUT2D eigenvalue weighted by Crippen LogP contribution is -2.43. The van der Waals surface area contributed by atoms with E-state index in [4.69, 9.17) is 4.74 Å². The zero-order valence-corrected chi connectivity index (χ0v) is 13.7. The number of hydrogen-bond acceptors (Lipinski definition) is 4. The van der Waals surface area contributed by atoms with Gasteiger partial charge in [0.15, 0.2) is 0 Å². The lowest BCUT2D eigenvalue weighted by atomic mass is 10.2. The second kappa shape index (κ2) is 5.46. The van der Waals surface area contributed by atoms with Crippen LogP contribution in [0.2, 0.25) is 0 Å². The number of nitrogens with zero attached hydrogens (tertiary/aromatic N) is 2. The van der Waals surface area contributed by atoms with Crippen molar-refractivity contribution in [2.75, 3.05) is 6.54 Å². The van der Waals surface area contributed by atoms with Crippen LogP contribution < -0.4 is 0 Å². The molecular weight excluding hydrogens is 292 g/mol. The minimum absolute atomic E-state index is 0.209. The summed E-state index contributed by atoms with van der Waals surface area (Å²) >= 11 is 0. The van der Waals surface area contributed by atoms with Crippen molar-refractivity contribution >= 4 is 16.0 Å². The Bertz CT molecular complexity index is 628. The largest absolute Gasteiger partial charge is 0.459 e. The van der Waals surface area contributed by atoms with Gasteiger partial charge in [-0.05, 0) is 39.7 Å². The molecule has 0 N–H and O–H groups in total. The zero-order valence-electron chi connectivity index (χ0n) is 12.9. The lowest BCUT2D eigenvalue weighted by molar-refractivity contribution is -0.158. The molecule has 2 rings (SSSR count). The standard InChI is InChI=1S/C14H22N2O4S/c1-14(2,3)20-13(17)12-6-5-8-16(12)21(18,19)11-7-9-15(4)10-11/h7,9-10,12H,5-6,8H2,1-4H3/t12-/m1/s1. The maximum atomic E-state index is 12.6. The molecule has 0 aliphatic carbocycles. The first-order chi connectivity index (χ1) is 9.61. The summed E-state index contributed by atoms with van der Waals surface area (Å²) in [6.07, 6.45) is 4.38. The van der Waals surface area contributed by atoms with Gasteiger partial charge in [0.2, 0.25) is 10.0 Å². The van der Waals surface area contributed by atoms with Gasteiger partial charge in [0, 0.05) is 26.0 Å². The molecule has 1 aliphatic heterocycles. The van der Waals surface area contributed by atoms with Crippen molar-refractivity contribution in [3.05, 3.63) is 18.5 Å².